The number of rotatable bonds is 9. The highest BCUT2D eigenvalue weighted by Crippen LogP contribution is 2.29. The second-order valence-electron chi connectivity index (χ2n) is 8.24. The number of hydrogen-bond donors (Lipinski definition) is 2. The van der Waals surface area contributed by atoms with Crippen LogP contribution in [0.4, 0.5) is 9.93 Å². The zero-order chi connectivity index (χ0) is 26.5. The molecule has 1 aromatic heterocycles. The van der Waals surface area contributed by atoms with Crippen molar-refractivity contribution < 1.29 is 28.7 Å². The third-order valence-electron chi connectivity index (χ3n) is 6.00. The number of imide groups is 1. The predicted octanol–water partition coefficient (Wildman–Crippen LogP) is 3.34. The number of thiazole rings is 1. The minimum Gasteiger partial charge on any atom is -0.496 e. The largest absolute Gasteiger partial charge is 0.496 e. The number of benzene rings is 2. The minimum absolute atomic E-state index is 0.0451. The fraction of sp³-hybridized carbons (Fsp3) is 0.269. The summed E-state index contributed by atoms with van der Waals surface area (Å²) in [5.74, 6) is -1.10. The van der Waals surface area contributed by atoms with Crippen molar-refractivity contribution in [1.82, 2.24) is 15.2 Å². The first-order valence-corrected chi connectivity index (χ1v) is 12.4. The molecule has 2 atom stereocenters. The van der Waals surface area contributed by atoms with Gasteiger partial charge in [-0.15, -0.1) is 11.3 Å². The molecule has 192 valence electrons. The van der Waals surface area contributed by atoms with Gasteiger partial charge in [-0.2, -0.15) is 0 Å². The van der Waals surface area contributed by atoms with E-state index in [9.17, 15) is 19.2 Å². The van der Waals surface area contributed by atoms with Crippen LogP contribution in [0, 0.1) is 0 Å². The van der Waals surface area contributed by atoms with Gasteiger partial charge in [0, 0.05) is 11.8 Å². The van der Waals surface area contributed by atoms with Crippen LogP contribution in [0.3, 0.4) is 0 Å². The Morgan fingerprint density at radius 2 is 1.92 bits per heavy atom. The summed E-state index contributed by atoms with van der Waals surface area (Å²) >= 11 is 1.03. The summed E-state index contributed by atoms with van der Waals surface area (Å²) < 4.78 is 10.0. The lowest BCUT2D eigenvalue weighted by Crippen LogP contribution is -2.49. The number of carbonyl (C=O) groups is 4. The highest BCUT2D eigenvalue weighted by Gasteiger charge is 2.45. The summed E-state index contributed by atoms with van der Waals surface area (Å²) in [5.41, 5.74) is 2.30. The standard InChI is InChI=1S/C26H26N4O6S/c1-4-16-13-17(10-11-20(16)35-2)21-23(32)30(26(34)28-21)19(12-15-8-6-5-7-9-15)22(31)29-25-27-18(14-37-25)24(33)36-3/h5-11,13-14,19,21H,4,12H2,1-3H3,(H,28,34)(H,27,29,31). The normalized spacial score (nSPS) is 15.8. The Bertz CT molecular complexity index is 1330. The number of ether oxygens (including phenoxy) is 2. The van der Waals surface area contributed by atoms with Crippen molar-refractivity contribution in [2.45, 2.75) is 31.8 Å². The topological polar surface area (TPSA) is 127 Å². The monoisotopic (exact) mass is 522 g/mol. The van der Waals surface area contributed by atoms with Crippen LogP contribution in [-0.4, -0.2) is 54.0 Å². The van der Waals surface area contributed by atoms with Gasteiger partial charge in [-0.05, 0) is 35.2 Å². The fourth-order valence-electron chi connectivity index (χ4n) is 4.13. The van der Waals surface area contributed by atoms with Crippen molar-refractivity contribution in [3.63, 3.8) is 0 Å². The zero-order valence-corrected chi connectivity index (χ0v) is 21.3. The smallest absolute Gasteiger partial charge is 0.357 e. The highest BCUT2D eigenvalue weighted by molar-refractivity contribution is 7.14. The van der Waals surface area contributed by atoms with Gasteiger partial charge in [0.05, 0.1) is 14.2 Å². The number of aryl methyl sites for hydroxylation is 1. The van der Waals surface area contributed by atoms with E-state index in [0.29, 0.717) is 17.7 Å². The Hall–Kier alpha value is -4.25. The number of esters is 1. The number of methoxy groups -OCH3 is 2. The number of amides is 4. The molecule has 1 aliphatic heterocycles. The number of urea groups is 1. The maximum atomic E-state index is 13.5. The average Bonchev–Trinajstić information content (AvgIpc) is 3.50. The number of carbonyl (C=O) groups excluding carboxylic acids is 4. The van der Waals surface area contributed by atoms with Gasteiger partial charge >= 0.3 is 12.0 Å². The first kappa shape index (κ1) is 25.8. The predicted molar refractivity (Wildman–Crippen MR) is 137 cm³/mol. The Balaban J connectivity index is 1.63. The van der Waals surface area contributed by atoms with Crippen LogP contribution in [0.2, 0.25) is 0 Å². The van der Waals surface area contributed by atoms with Crippen molar-refractivity contribution in [3.8, 4) is 5.75 Å². The molecule has 10 nitrogen and oxygen atoms in total. The number of nitrogens with zero attached hydrogens (tertiary/aromatic N) is 2. The van der Waals surface area contributed by atoms with Gasteiger partial charge < -0.3 is 20.1 Å². The van der Waals surface area contributed by atoms with E-state index in [1.54, 1.807) is 19.2 Å². The van der Waals surface area contributed by atoms with Gasteiger partial charge in [-0.25, -0.2) is 19.5 Å². The SMILES string of the molecule is CCc1cc(C2NC(=O)N(C(Cc3ccccc3)C(=O)Nc3nc(C(=O)OC)cs3)C2=O)ccc1OC. The summed E-state index contributed by atoms with van der Waals surface area (Å²) in [7, 11) is 2.80. The van der Waals surface area contributed by atoms with E-state index in [2.05, 4.69) is 20.4 Å². The maximum absolute atomic E-state index is 13.5. The van der Waals surface area contributed by atoms with Gasteiger partial charge in [0.2, 0.25) is 5.91 Å². The van der Waals surface area contributed by atoms with Gasteiger partial charge in [-0.1, -0.05) is 43.3 Å². The van der Waals surface area contributed by atoms with Crippen molar-refractivity contribution >= 4 is 40.3 Å². The molecule has 0 bridgehead atoms. The minimum atomic E-state index is -1.16. The van der Waals surface area contributed by atoms with Crippen LogP contribution in [0.1, 0.15) is 40.1 Å². The molecule has 11 heteroatoms. The van der Waals surface area contributed by atoms with E-state index in [1.807, 2.05) is 43.3 Å². The first-order chi connectivity index (χ1) is 17.9. The molecule has 2 unspecified atom stereocenters. The Morgan fingerprint density at radius 3 is 2.59 bits per heavy atom. The molecule has 3 aromatic rings. The first-order valence-electron chi connectivity index (χ1n) is 11.5. The lowest BCUT2D eigenvalue weighted by molar-refractivity contribution is -0.134. The molecule has 37 heavy (non-hydrogen) atoms. The van der Waals surface area contributed by atoms with Crippen molar-refractivity contribution in [3.05, 3.63) is 76.3 Å². The summed E-state index contributed by atoms with van der Waals surface area (Å²) in [6.07, 6.45) is 0.770. The average molecular weight is 523 g/mol. The molecule has 4 rings (SSSR count). The third kappa shape index (κ3) is 5.46. The van der Waals surface area contributed by atoms with Crippen LogP contribution in [-0.2, 0) is 27.2 Å². The number of anilines is 1. The van der Waals surface area contributed by atoms with Crippen LogP contribution < -0.4 is 15.4 Å². The van der Waals surface area contributed by atoms with Gasteiger partial charge in [-0.3, -0.25) is 9.59 Å². The van der Waals surface area contributed by atoms with Crippen molar-refractivity contribution in [2.24, 2.45) is 0 Å². The van der Waals surface area contributed by atoms with E-state index in [0.717, 1.165) is 27.4 Å². The van der Waals surface area contributed by atoms with Crippen LogP contribution in [0.15, 0.2) is 53.9 Å². The molecule has 2 N–H and O–H groups in total. The molecule has 2 aromatic carbocycles. The Kier molecular flexibility index (Phi) is 7.83. The summed E-state index contributed by atoms with van der Waals surface area (Å²) in [6, 6.07) is 11.6. The molecule has 1 aliphatic rings. The van der Waals surface area contributed by atoms with E-state index in [1.165, 1.54) is 12.5 Å². The second-order valence-corrected chi connectivity index (χ2v) is 9.10. The van der Waals surface area contributed by atoms with E-state index in [-0.39, 0.29) is 17.2 Å². The molecule has 0 aliphatic carbocycles. The molecule has 0 radical (unpaired) electrons. The molecular weight excluding hydrogens is 496 g/mol. The second kappa shape index (κ2) is 11.2. The number of nitrogens with one attached hydrogen (secondary N) is 2. The summed E-state index contributed by atoms with van der Waals surface area (Å²) in [5, 5.41) is 6.95. The molecule has 1 fully saturated rings. The van der Waals surface area contributed by atoms with Gasteiger partial charge in [0.1, 0.15) is 17.8 Å². The van der Waals surface area contributed by atoms with Crippen molar-refractivity contribution in [2.75, 3.05) is 19.5 Å². The zero-order valence-electron chi connectivity index (χ0n) is 20.5. The third-order valence-corrected chi connectivity index (χ3v) is 6.76. The van der Waals surface area contributed by atoms with Gasteiger partial charge in [0.15, 0.2) is 10.8 Å². The molecule has 0 spiro atoms. The van der Waals surface area contributed by atoms with Crippen molar-refractivity contribution in [1.29, 1.82) is 0 Å². The van der Waals surface area contributed by atoms with E-state index in [4.69, 9.17) is 4.74 Å². The molecule has 1 saturated heterocycles. The summed E-state index contributed by atoms with van der Waals surface area (Å²) in [6.45, 7) is 1.97. The fourth-order valence-corrected chi connectivity index (χ4v) is 4.81. The Labute approximate surface area is 217 Å². The molecular formula is C26H26N4O6S. The van der Waals surface area contributed by atoms with Gasteiger partial charge in [0.25, 0.3) is 5.91 Å². The van der Waals surface area contributed by atoms with E-state index < -0.39 is 35.9 Å². The van der Waals surface area contributed by atoms with Crippen LogP contribution >= 0.6 is 11.3 Å². The lowest BCUT2D eigenvalue weighted by Gasteiger charge is -2.24. The summed E-state index contributed by atoms with van der Waals surface area (Å²) in [4.78, 5) is 56.8. The molecule has 4 amide bonds. The van der Waals surface area contributed by atoms with E-state index >= 15 is 0 Å². The van der Waals surface area contributed by atoms with Crippen LogP contribution in [0.5, 0.6) is 5.75 Å². The highest BCUT2D eigenvalue weighted by atomic mass is 32.1. The number of aromatic nitrogens is 1. The lowest BCUT2D eigenvalue weighted by atomic mass is 10.0. The Morgan fingerprint density at radius 1 is 1.16 bits per heavy atom. The molecule has 2 heterocycles. The molecule has 0 saturated carbocycles. The quantitative estimate of drug-likeness (QED) is 0.326. The maximum Gasteiger partial charge on any atom is 0.357 e. The van der Waals surface area contributed by atoms with Crippen LogP contribution in [0.25, 0.3) is 0 Å². The number of hydrogen-bond acceptors (Lipinski definition) is 8.